The van der Waals surface area contributed by atoms with Crippen LogP contribution in [0.5, 0.6) is 0 Å². The molecule has 0 aliphatic carbocycles. The molecule has 4 nitrogen and oxygen atoms in total. The van der Waals surface area contributed by atoms with Crippen LogP contribution >= 0.6 is 0 Å². The molecule has 1 N–H and O–H groups in total. The molecule has 2 aromatic carbocycles. The van der Waals surface area contributed by atoms with E-state index in [0.29, 0.717) is 11.1 Å². The number of benzene rings is 2. The van der Waals surface area contributed by atoms with Crippen LogP contribution in [0, 0.1) is 17.1 Å². The molecule has 0 saturated carbocycles. The van der Waals surface area contributed by atoms with Crippen LogP contribution in [-0.2, 0) is 0 Å². The van der Waals surface area contributed by atoms with Crippen molar-refractivity contribution >= 4 is 17.6 Å². The summed E-state index contributed by atoms with van der Waals surface area (Å²) in [5.74, 6) is -1.39. The van der Waals surface area contributed by atoms with E-state index in [1.54, 1.807) is 30.3 Å². The van der Waals surface area contributed by atoms with Crippen molar-refractivity contribution in [3.63, 3.8) is 0 Å². The number of aromatic nitrogens is 1. The van der Waals surface area contributed by atoms with Crippen LogP contribution in [0.2, 0.25) is 0 Å². The Morgan fingerprint density at radius 3 is 2.48 bits per heavy atom. The standard InChI is InChI=1S/C20H13FN2O2/c21-17-4-1-3-15(11-17)16(13-22)12-19-5-2-10-23(19)18-8-6-14(7-9-18)20(24)25/h1-12H,(H,24,25)/b16-12-. The molecule has 0 saturated heterocycles. The fourth-order valence-electron chi connectivity index (χ4n) is 2.50. The Morgan fingerprint density at radius 1 is 1.08 bits per heavy atom. The summed E-state index contributed by atoms with van der Waals surface area (Å²) < 4.78 is 15.2. The van der Waals surface area contributed by atoms with E-state index in [1.165, 1.54) is 24.3 Å². The van der Waals surface area contributed by atoms with Crippen LogP contribution in [0.15, 0.2) is 66.9 Å². The van der Waals surface area contributed by atoms with Gasteiger partial charge in [-0.2, -0.15) is 5.26 Å². The molecule has 5 heteroatoms. The van der Waals surface area contributed by atoms with Gasteiger partial charge in [-0.05, 0) is 60.2 Å². The van der Waals surface area contributed by atoms with Gasteiger partial charge in [0.25, 0.3) is 0 Å². The topological polar surface area (TPSA) is 66.0 Å². The highest BCUT2D eigenvalue weighted by atomic mass is 19.1. The van der Waals surface area contributed by atoms with Crippen molar-refractivity contribution in [1.29, 1.82) is 5.26 Å². The second kappa shape index (κ2) is 6.85. The Labute approximate surface area is 143 Å². The summed E-state index contributed by atoms with van der Waals surface area (Å²) in [7, 11) is 0. The lowest BCUT2D eigenvalue weighted by molar-refractivity contribution is 0.0697. The molecule has 0 spiro atoms. The van der Waals surface area contributed by atoms with Crippen molar-refractivity contribution in [2.45, 2.75) is 0 Å². The minimum Gasteiger partial charge on any atom is -0.478 e. The second-order valence-electron chi connectivity index (χ2n) is 5.34. The van der Waals surface area contributed by atoms with Gasteiger partial charge in [0.2, 0.25) is 0 Å². The first-order valence-electron chi connectivity index (χ1n) is 7.47. The highest BCUT2D eigenvalue weighted by Gasteiger charge is 2.07. The molecule has 1 heterocycles. The predicted molar refractivity (Wildman–Crippen MR) is 92.6 cm³/mol. The summed E-state index contributed by atoms with van der Waals surface area (Å²) in [5.41, 5.74) is 2.52. The van der Waals surface area contributed by atoms with Crippen molar-refractivity contribution < 1.29 is 14.3 Å². The van der Waals surface area contributed by atoms with E-state index in [-0.39, 0.29) is 5.56 Å². The number of carboxylic acids is 1. The number of nitrogens with zero attached hydrogens (tertiary/aromatic N) is 2. The largest absolute Gasteiger partial charge is 0.478 e. The van der Waals surface area contributed by atoms with E-state index >= 15 is 0 Å². The number of rotatable bonds is 4. The lowest BCUT2D eigenvalue weighted by atomic mass is 10.1. The third kappa shape index (κ3) is 3.48. The second-order valence-corrected chi connectivity index (χ2v) is 5.34. The zero-order chi connectivity index (χ0) is 17.8. The molecule has 1 aromatic heterocycles. The van der Waals surface area contributed by atoms with E-state index in [9.17, 15) is 14.4 Å². The fourth-order valence-corrected chi connectivity index (χ4v) is 2.50. The van der Waals surface area contributed by atoms with E-state index in [4.69, 9.17) is 5.11 Å². The summed E-state index contributed by atoms with van der Waals surface area (Å²) in [6.07, 6.45) is 3.47. The van der Waals surface area contributed by atoms with Crippen molar-refractivity contribution in [1.82, 2.24) is 4.57 Å². The van der Waals surface area contributed by atoms with Gasteiger partial charge >= 0.3 is 5.97 Å². The molecule has 0 aliphatic rings. The fraction of sp³-hybridized carbons (Fsp3) is 0. The number of aromatic carboxylic acids is 1. The molecular formula is C20H13FN2O2. The lowest BCUT2D eigenvalue weighted by Gasteiger charge is -2.08. The zero-order valence-corrected chi connectivity index (χ0v) is 13.1. The van der Waals surface area contributed by atoms with E-state index in [2.05, 4.69) is 6.07 Å². The van der Waals surface area contributed by atoms with Crippen molar-refractivity contribution in [3.8, 4) is 11.8 Å². The summed E-state index contributed by atoms with van der Waals surface area (Å²) in [4.78, 5) is 11.0. The van der Waals surface area contributed by atoms with Crippen LogP contribution in [0.25, 0.3) is 17.3 Å². The maximum atomic E-state index is 13.4. The Kier molecular flexibility index (Phi) is 4.44. The Bertz CT molecular complexity index is 995. The van der Waals surface area contributed by atoms with Gasteiger partial charge in [-0.3, -0.25) is 0 Å². The maximum Gasteiger partial charge on any atom is 0.335 e. The van der Waals surface area contributed by atoms with Crippen LogP contribution < -0.4 is 0 Å². The van der Waals surface area contributed by atoms with Crippen molar-refractivity contribution in [2.24, 2.45) is 0 Å². The van der Waals surface area contributed by atoms with Gasteiger partial charge < -0.3 is 9.67 Å². The van der Waals surface area contributed by atoms with Gasteiger partial charge in [-0.25, -0.2) is 9.18 Å². The minimum absolute atomic E-state index is 0.200. The molecular weight excluding hydrogens is 319 g/mol. The van der Waals surface area contributed by atoms with E-state index in [0.717, 1.165) is 11.4 Å². The Hall–Kier alpha value is -3.65. The molecule has 25 heavy (non-hydrogen) atoms. The highest BCUT2D eigenvalue weighted by Crippen LogP contribution is 2.21. The first kappa shape index (κ1) is 16.2. The maximum absolute atomic E-state index is 13.4. The van der Waals surface area contributed by atoms with Gasteiger partial charge in [0.05, 0.1) is 17.2 Å². The zero-order valence-electron chi connectivity index (χ0n) is 13.1. The number of allylic oxidation sites excluding steroid dienone is 1. The quantitative estimate of drug-likeness (QED) is 0.721. The SMILES string of the molecule is N#C/C(=C/c1cccn1-c1ccc(C(=O)O)cc1)c1cccc(F)c1. The smallest absolute Gasteiger partial charge is 0.335 e. The third-order valence-electron chi connectivity index (χ3n) is 3.72. The summed E-state index contributed by atoms with van der Waals surface area (Å²) in [6, 6.07) is 18.0. The Balaban J connectivity index is 2.01. The molecule has 3 rings (SSSR count). The van der Waals surface area contributed by atoms with Gasteiger partial charge in [-0.1, -0.05) is 12.1 Å². The van der Waals surface area contributed by atoms with Gasteiger partial charge in [0.15, 0.2) is 0 Å². The van der Waals surface area contributed by atoms with E-state index in [1.807, 2.05) is 22.9 Å². The average molecular weight is 332 g/mol. The molecule has 3 aromatic rings. The first-order chi connectivity index (χ1) is 12.1. The molecule has 0 amide bonds. The monoisotopic (exact) mass is 332 g/mol. The molecule has 0 fully saturated rings. The number of hydrogen-bond acceptors (Lipinski definition) is 2. The number of carboxylic acid groups (broad SMARTS) is 1. The number of halogens is 1. The third-order valence-corrected chi connectivity index (χ3v) is 3.72. The van der Waals surface area contributed by atoms with Crippen LogP contribution in [0.1, 0.15) is 21.6 Å². The van der Waals surface area contributed by atoms with Gasteiger partial charge in [0, 0.05) is 17.6 Å². The van der Waals surface area contributed by atoms with Gasteiger partial charge in [0.1, 0.15) is 5.82 Å². The van der Waals surface area contributed by atoms with Crippen LogP contribution in [0.3, 0.4) is 0 Å². The number of hydrogen-bond donors (Lipinski definition) is 1. The molecule has 0 radical (unpaired) electrons. The van der Waals surface area contributed by atoms with Crippen LogP contribution in [0.4, 0.5) is 4.39 Å². The first-order valence-corrected chi connectivity index (χ1v) is 7.47. The number of nitriles is 1. The lowest BCUT2D eigenvalue weighted by Crippen LogP contribution is -1.99. The van der Waals surface area contributed by atoms with Crippen molar-refractivity contribution in [2.75, 3.05) is 0 Å². The van der Waals surface area contributed by atoms with E-state index < -0.39 is 11.8 Å². The average Bonchev–Trinajstić information content (AvgIpc) is 3.08. The normalized spacial score (nSPS) is 11.1. The molecule has 0 aliphatic heterocycles. The Morgan fingerprint density at radius 2 is 1.84 bits per heavy atom. The molecule has 122 valence electrons. The predicted octanol–water partition coefficient (Wildman–Crippen LogP) is 4.38. The molecule has 0 bridgehead atoms. The summed E-state index contributed by atoms with van der Waals surface area (Å²) in [5, 5.41) is 18.4. The van der Waals surface area contributed by atoms with Crippen LogP contribution in [-0.4, -0.2) is 15.6 Å². The number of carbonyl (C=O) groups is 1. The molecule has 0 unspecified atom stereocenters. The summed E-state index contributed by atoms with van der Waals surface area (Å²) in [6.45, 7) is 0. The minimum atomic E-state index is -0.989. The molecule has 0 atom stereocenters. The highest BCUT2D eigenvalue weighted by molar-refractivity contribution is 5.89. The van der Waals surface area contributed by atoms with Gasteiger partial charge in [-0.15, -0.1) is 0 Å². The van der Waals surface area contributed by atoms with Crippen molar-refractivity contribution in [3.05, 3.63) is 89.5 Å². The summed E-state index contributed by atoms with van der Waals surface area (Å²) >= 11 is 0.